The van der Waals surface area contributed by atoms with Crippen molar-refractivity contribution >= 4 is 20.4 Å². The number of para-hydroxylation sites is 1. The molecule has 1 fully saturated rings. The summed E-state index contributed by atoms with van der Waals surface area (Å²) >= 11 is 0. The average Bonchev–Trinajstić information content (AvgIpc) is 2.96. The van der Waals surface area contributed by atoms with Crippen LogP contribution >= 0.6 is 0 Å². The molecule has 2 bridgehead atoms. The minimum absolute atomic E-state index is 0.313. The van der Waals surface area contributed by atoms with Crippen molar-refractivity contribution in [3.63, 3.8) is 0 Å². The fraction of sp³-hybridized carbons (Fsp3) is 0.400. The molecule has 3 heterocycles. The van der Waals surface area contributed by atoms with Gasteiger partial charge in [-0.05, 0) is 61.7 Å². The number of anilines is 2. The van der Waals surface area contributed by atoms with Crippen LogP contribution in [-0.4, -0.2) is 22.1 Å². The summed E-state index contributed by atoms with van der Waals surface area (Å²) in [7, 11) is -1.10. The fourth-order valence-corrected chi connectivity index (χ4v) is 4.56. The van der Waals surface area contributed by atoms with Gasteiger partial charge in [-0.2, -0.15) is 0 Å². The predicted octanol–water partition coefficient (Wildman–Crippen LogP) is 4.36. The summed E-state index contributed by atoms with van der Waals surface area (Å²) in [5, 5.41) is 3.75. The van der Waals surface area contributed by atoms with Gasteiger partial charge in [0.05, 0.1) is 11.7 Å². The van der Waals surface area contributed by atoms with Gasteiger partial charge < -0.3 is 14.6 Å². The highest BCUT2D eigenvalue weighted by Gasteiger charge is 2.24. The van der Waals surface area contributed by atoms with Gasteiger partial charge in [0.1, 0.15) is 5.75 Å². The molecule has 126 valence electrons. The Morgan fingerprint density at radius 3 is 2.67 bits per heavy atom. The van der Waals surface area contributed by atoms with Crippen LogP contribution in [0.3, 0.4) is 0 Å². The predicted molar refractivity (Wildman–Crippen MR) is 104 cm³/mol. The molecule has 0 amide bonds. The highest BCUT2D eigenvalue weighted by atomic mass is 28.3. The third-order valence-corrected chi connectivity index (χ3v) is 5.66. The molecule has 0 aromatic heterocycles. The van der Waals surface area contributed by atoms with Crippen LogP contribution in [0.2, 0.25) is 13.1 Å². The van der Waals surface area contributed by atoms with Crippen LogP contribution in [0, 0.1) is 0 Å². The molecular weight excluding hydrogens is 312 g/mol. The lowest BCUT2D eigenvalue weighted by Gasteiger charge is -2.26. The van der Waals surface area contributed by atoms with Gasteiger partial charge in [0.25, 0.3) is 0 Å². The van der Waals surface area contributed by atoms with E-state index in [9.17, 15) is 0 Å². The van der Waals surface area contributed by atoms with E-state index in [-0.39, 0.29) is 0 Å². The molecule has 0 saturated carbocycles. The fourth-order valence-electron chi connectivity index (χ4n) is 3.85. The summed E-state index contributed by atoms with van der Waals surface area (Å²) in [6.07, 6.45) is 3.62. The number of hydrogen-bond acceptors (Lipinski definition) is 3. The van der Waals surface area contributed by atoms with E-state index < -0.39 is 9.04 Å². The average molecular weight is 339 g/mol. The SMILES string of the molecule is C[SiH](C)Oc1cc2ccc1NC(c1ccccc1N1CCCC1)C2. The molecule has 0 aliphatic carbocycles. The molecule has 1 atom stereocenters. The van der Waals surface area contributed by atoms with Gasteiger partial charge in [-0.3, -0.25) is 0 Å². The maximum absolute atomic E-state index is 6.14. The smallest absolute Gasteiger partial charge is 0.229 e. The highest BCUT2D eigenvalue weighted by molar-refractivity contribution is 6.49. The topological polar surface area (TPSA) is 24.5 Å². The van der Waals surface area contributed by atoms with Crippen LogP contribution in [0.4, 0.5) is 11.4 Å². The first-order chi connectivity index (χ1) is 11.7. The van der Waals surface area contributed by atoms with Gasteiger partial charge in [0.2, 0.25) is 9.04 Å². The first kappa shape index (κ1) is 15.6. The molecule has 1 saturated heterocycles. The van der Waals surface area contributed by atoms with Crippen LogP contribution < -0.4 is 14.6 Å². The number of fused-ring (bicyclic) bond motifs is 4. The minimum Gasteiger partial charge on any atom is -0.546 e. The van der Waals surface area contributed by atoms with Crippen molar-refractivity contribution < 1.29 is 4.43 Å². The Bertz CT molecular complexity index is 725. The van der Waals surface area contributed by atoms with E-state index in [1.807, 2.05) is 0 Å². The van der Waals surface area contributed by atoms with Crippen LogP contribution in [0.25, 0.3) is 0 Å². The van der Waals surface area contributed by atoms with Crippen molar-refractivity contribution in [2.75, 3.05) is 23.3 Å². The highest BCUT2D eigenvalue weighted by Crippen LogP contribution is 2.39. The van der Waals surface area contributed by atoms with Crippen molar-refractivity contribution in [1.29, 1.82) is 0 Å². The van der Waals surface area contributed by atoms with Crippen LogP contribution in [0.5, 0.6) is 5.75 Å². The second-order valence-corrected chi connectivity index (χ2v) is 9.48. The third kappa shape index (κ3) is 3.03. The summed E-state index contributed by atoms with van der Waals surface area (Å²) in [5.74, 6) is 1.04. The minimum atomic E-state index is -1.10. The molecule has 3 nitrogen and oxygen atoms in total. The zero-order valence-electron chi connectivity index (χ0n) is 14.6. The third-order valence-electron chi connectivity index (χ3n) is 4.94. The van der Waals surface area contributed by atoms with Crippen LogP contribution in [0.15, 0.2) is 42.5 Å². The number of nitrogens with one attached hydrogen (secondary N) is 1. The van der Waals surface area contributed by atoms with Crippen LogP contribution in [0.1, 0.15) is 30.0 Å². The second kappa shape index (κ2) is 6.52. The van der Waals surface area contributed by atoms with Crippen molar-refractivity contribution in [1.82, 2.24) is 0 Å². The molecule has 1 N–H and O–H groups in total. The molecule has 24 heavy (non-hydrogen) atoms. The van der Waals surface area contributed by atoms with Gasteiger partial charge in [0, 0.05) is 18.8 Å². The van der Waals surface area contributed by atoms with E-state index in [2.05, 4.69) is 65.8 Å². The molecule has 0 radical (unpaired) electrons. The Morgan fingerprint density at radius 1 is 1.08 bits per heavy atom. The Labute approximate surface area is 146 Å². The standard InChI is InChI=1S/C20H26N2OSi/c1-24(2)23-20-14-15-9-10-17(20)21-18(13-15)16-7-3-4-8-19(16)22-11-5-6-12-22/h3-4,7-10,14,18,21,24H,5-6,11-13H2,1-2H3. The molecular formula is C20H26N2OSi. The lowest BCUT2D eigenvalue weighted by Crippen LogP contribution is -2.22. The zero-order chi connectivity index (χ0) is 16.5. The van der Waals surface area contributed by atoms with Gasteiger partial charge in [-0.25, -0.2) is 0 Å². The molecule has 2 aromatic rings. The normalized spacial score (nSPS) is 19.5. The van der Waals surface area contributed by atoms with Crippen molar-refractivity contribution in [3.8, 4) is 5.75 Å². The molecule has 3 aliphatic heterocycles. The monoisotopic (exact) mass is 338 g/mol. The summed E-state index contributed by atoms with van der Waals surface area (Å²) in [6, 6.07) is 15.9. The van der Waals surface area contributed by atoms with E-state index in [0.717, 1.165) is 17.9 Å². The largest absolute Gasteiger partial charge is 0.546 e. The van der Waals surface area contributed by atoms with E-state index in [0.29, 0.717) is 6.04 Å². The van der Waals surface area contributed by atoms with Gasteiger partial charge in [-0.15, -0.1) is 0 Å². The van der Waals surface area contributed by atoms with Gasteiger partial charge in [-0.1, -0.05) is 24.3 Å². The Balaban J connectivity index is 1.66. The van der Waals surface area contributed by atoms with E-state index in [1.54, 1.807) is 0 Å². The molecule has 1 unspecified atom stereocenters. The van der Waals surface area contributed by atoms with Crippen LogP contribution in [-0.2, 0) is 6.42 Å². The molecule has 5 rings (SSSR count). The Morgan fingerprint density at radius 2 is 1.88 bits per heavy atom. The van der Waals surface area contributed by atoms with E-state index in [4.69, 9.17) is 4.43 Å². The molecule has 3 aliphatic rings. The number of hydrogen-bond donors (Lipinski definition) is 1. The van der Waals surface area contributed by atoms with Crippen molar-refractivity contribution in [2.24, 2.45) is 0 Å². The number of nitrogens with zero attached hydrogens (tertiary/aromatic N) is 1. The van der Waals surface area contributed by atoms with Crippen molar-refractivity contribution in [3.05, 3.63) is 53.6 Å². The Kier molecular flexibility index (Phi) is 4.23. The van der Waals surface area contributed by atoms with Gasteiger partial charge >= 0.3 is 0 Å². The van der Waals surface area contributed by atoms with Gasteiger partial charge in [0.15, 0.2) is 0 Å². The zero-order valence-corrected chi connectivity index (χ0v) is 15.7. The molecule has 4 heteroatoms. The molecule has 0 spiro atoms. The maximum atomic E-state index is 6.14. The maximum Gasteiger partial charge on any atom is 0.229 e. The number of benzene rings is 2. The Hall–Kier alpha value is -1.94. The second-order valence-electron chi connectivity index (χ2n) is 7.15. The quantitative estimate of drug-likeness (QED) is 0.838. The lowest BCUT2D eigenvalue weighted by atomic mass is 9.98. The first-order valence-corrected chi connectivity index (χ1v) is 11.9. The summed E-state index contributed by atoms with van der Waals surface area (Å²) in [5.41, 5.74) is 5.30. The van der Waals surface area contributed by atoms with E-state index >= 15 is 0 Å². The summed E-state index contributed by atoms with van der Waals surface area (Å²) < 4.78 is 6.14. The first-order valence-electron chi connectivity index (χ1n) is 9.11. The van der Waals surface area contributed by atoms with Crippen molar-refractivity contribution in [2.45, 2.75) is 38.4 Å². The lowest BCUT2D eigenvalue weighted by molar-refractivity contribution is 0.582. The summed E-state index contributed by atoms with van der Waals surface area (Å²) in [4.78, 5) is 2.54. The molecule has 2 aromatic carbocycles. The number of rotatable bonds is 4. The van der Waals surface area contributed by atoms with E-state index in [1.165, 1.54) is 42.7 Å². The summed E-state index contributed by atoms with van der Waals surface area (Å²) in [6.45, 7) is 6.80.